The van der Waals surface area contributed by atoms with Gasteiger partial charge >= 0.3 is 266 Å². The molecule has 3 unspecified atom stereocenters. The van der Waals surface area contributed by atoms with Crippen LogP contribution in [-0.4, -0.2) is 87.9 Å². The number of rotatable bonds is 12. The van der Waals surface area contributed by atoms with E-state index in [2.05, 4.69) is 131 Å². The molecule has 0 nitrogen and oxygen atoms in total. The summed E-state index contributed by atoms with van der Waals surface area (Å²) in [5, 5.41) is 4.42. The third-order valence-corrected chi connectivity index (χ3v) is 33.6. The van der Waals surface area contributed by atoms with Gasteiger partial charge in [-0.25, -0.2) is 0 Å². The van der Waals surface area contributed by atoms with E-state index < -0.39 is 87.9 Å². The molecule has 0 radical (unpaired) electrons. The normalized spacial score (nSPS) is 16.0. The summed E-state index contributed by atoms with van der Waals surface area (Å²) in [6, 6.07) is 28.8. The first-order chi connectivity index (χ1) is 17.9. The minimum absolute atomic E-state index is 0.462. The summed E-state index contributed by atoms with van der Waals surface area (Å²) in [6.45, 7) is 2.73. The average Bonchev–Trinajstić information content (AvgIpc) is 2.88. The Balaban J connectivity index is 1.98. The van der Waals surface area contributed by atoms with Gasteiger partial charge in [0.05, 0.1) is 0 Å². The third-order valence-electron chi connectivity index (χ3n) is 7.18. The quantitative estimate of drug-likeness (QED) is 0.226. The van der Waals surface area contributed by atoms with Crippen molar-refractivity contribution in [2.75, 3.05) is 0 Å². The van der Waals surface area contributed by atoms with Gasteiger partial charge in [0.1, 0.15) is 0 Å². The van der Waals surface area contributed by atoms with E-state index in [9.17, 15) is 0 Å². The molecule has 6 heteroatoms. The van der Waals surface area contributed by atoms with Crippen LogP contribution in [-0.2, 0) is 0 Å². The fourth-order valence-electron chi connectivity index (χ4n) is 5.62. The summed E-state index contributed by atoms with van der Waals surface area (Å²) in [5.74, 6) is 0. The second-order valence-electron chi connectivity index (χ2n) is 11.5. The molecule has 206 valence electrons. The van der Waals surface area contributed by atoms with Gasteiger partial charge in [0.25, 0.3) is 0 Å². The van der Waals surface area contributed by atoms with Gasteiger partial charge in [-0.05, 0) is 0 Å². The molecule has 0 heterocycles. The third kappa shape index (κ3) is 9.00. The Bertz CT molecular complexity index is 1030. The Morgan fingerprint density at radius 3 is 0.816 bits per heavy atom. The molecule has 0 bridgehead atoms. The van der Waals surface area contributed by atoms with Gasteiger partial charge < -0.3 is 0 Å². The zero-order chi connectivity index (χ0) is 28.0. The molecule has 3 aromatic carbocycles. The molecule has 0 saturated carbocycles. The van der Waals surface area contributed by atoms with E-state index in [4.69, 9.17) is 0 Å². The zero-order valence-electron chi connectivity index (χ0n) is 25.2. The molecule has 0 aromatic heterocycles. The van der Waals surface area contributed by atoms with Crippen LogP contribution in [0.15, 0.2) is 72.8 Å². The monoisotopic (exact) mass is 882 g/mol. The molecule has 3 aromatic rings. The number of hydrogen-bond donors (Lipinski definition) is 0. The van der Waals surface area contributed by atoms with E-state index >= 15 is 0 Å². The van der Waals surface area contributed by atoms with Crippen molar-refractivity contribution >= 4 is 114 Å². The predicted molar refractivity (Wildman–Crippen MR) is 187 cm³/mol. The van der Waals surface area contributed by atoms with Crippen LogP contribution in [0.4, 0.5) is 0 Å². The molecule has 0 saturated heterocycles. The fourth-order valence-corrected chi connectivity index (χ4v) is 40.8. The van der Waals surface area contributed by atoms with Crippen LogP contribution in [0.5, 0.6) is 0 Å². The minimum atomic E-state index is -1.13. The summed E-state index contributed by atoms with van der Waals surface area (Å²) >= 11 is -6.07. The van der Waals surface area contributed by atoms with Crippen molar-refractivity contribution in [3.63, 3.8) is 0 Å². The molecule has 0 fully saturated rings. The Hall–Kier alpha value is 1.01. The van der Waals surface area contributed by atoms with E-state index in [0.29, 0.717) is 5.41 Å². The van der Waals surface area contributed by atoms with Crippen LogP contribution < -0.4 is 26.1 Å². The average molecular weight is 882 g/mol. The molecule has 0 aliphatic carbocycles. The topological polar surface area (TPSA) is 0 Å². The summed E-state index contributed by atoms with van der Waals surface area (Å²) < 4.78 is 10.7. The fraction of sp³-hybridized carbons (Fsp3) is 0.438. The summed E-state index contributed by atoms with van der Waals surface area (Å²) in [5.41, 5.74) is 23.7. The van der Waals surface area contributed by atoms with E-state index in [1.807, 2.05) is 0 Å². The van der Waals surface area contributed by atoms with Gasteiger partial charge in [0.15, 0.2) is 0 Å². The van der Waals surface area contributed by atoms with Gasteiger partial charge in [0.2, 0.25) is 0 Å². The molecule has 0 N–H and O–H groups in total. The Kier molecular flexibility index (Phi) is 13.6. The Morgan fingerprint density at radius 2 is 0.605 bits per heavy atom. The zero-order valence-corrected chi connectivity index (χ0v) is 36.5. The van der Waals surface area contributed by atoms with Crippen molar-refractivity contribution in [2.45, 2.75) is 74.0 Å². The number of hydrogen-bond acceptors (Lipinski definition) is 0. The molecule has 0 spiro atoms. The van der Waals surface area contributed by atoms with E-state index in [-0.39, 0.29) is 0 Å². The molecule has 0 aliphatic heterocycles. The summed E-state index contributed by atoms with van der Waals surface area (Å²) in [7, 11) is 0. The van der Waals surface area contributed by atoms with Gasteiger partial charge in [-0.1, -0.05) is 0 Å². The Labute approximate surface area is 263 Å². The number of benzene rings is 3. The first-order valence-electron chi connectivity index (χ1n) is 13.4. The molecule has 38 heavy (non-hydrogen) atoms. The van der Waals surface area contributed by atoms with Crippen molar-refractivity contribution in [2.24, 2.45) is 5.41 Å². The second-order valence-corrected chi connectivity index (χ2v) is 39.6. The van der Waals surface area contributed by atoms with Gasteiger partial charge in [-0.2, -0.15) is 0 Å². The van der Waals surface area contributed by atoms with Crippen molar-refractivity contribution < 1.29 is 0 Å². The molecular formula is C32H48As6. The maximum absolute atomic E-state index is 2.73. The molecule has 0 aliphatic rings. The van der Waals surface area contributed by atoms with Crippen LogP contribution in [0.3, 0.4) is 0 Å². The van der Waals surface area contributed by atoms with Crippen molar-refractivity contribution in [3.8, 4) is 0 Å². The molecule has 0 amide bonds. The molecule has 3 rings (SSSR count). The maximum atomic E-state index is 2.73. The van der Waals surface area contributed by atoms with E-state index in [1.165, 1.54) is 15.6 Å². The molecular weight excluding hydrogens is 834 g/mol. The van der Waals surface area contributed by atoms with Crippen LogP contribution in [0, 0.1) is 5.41 Å². The summed E-state index contributed by atoms with van der Waals surface area (Å²) in [6.07, 6.45) is 0. The van der Waals surface area contributed by atoms with E-state index in [0.717, 1.165) is 0 Å². The standard InChI is InChI=1S/C32H48As6/c1-32(23-36(8)29-20-14-11-17-26(29)33(2)3,24-37(9)30-21-15-12-18-27(30)34(4)5)25-38(10)31-22-16-13-19-28(31)35(6)7/h11-22H,23-25H2,1-10H3. The van der Waals surface area contributed by atoms with Crippen LogP contribution in [0.1, 0.15) is 6.92 Å². The predicted octanol–water partition coefficient (Wildman–Crippen LogP) is 4.97. The first kappa shape index (κ1) is 33.5. The summed E-state index contributed by atoms with van der Waals surface area (Å²) in [4.78, 5) is 0. The van der Waals surface area contributed by atoms with Crippen LogP contribution in [0.25, 0.3) is 0 Å². The van der Waals surface area contributed by atoms with Crippen molar-refractivity contribution in [1.82, 2.24) is 0 Å². The van der Waals surface area contributed by atoms with Gasteiger partial charge in [-0.15, -0.1) is 0 Å². The van der Waals surface area contributed by atoms with Gasteiger partial charge in [-0.3, -0.25) is 0 Å². The van der Waals surface area contributed by atoms with Crippen LogP contribution >= 0.6 is 0 Å². The SMILES string of the molecule is C[As](C)c1ccccc1[As](C)CC(C)(C[As](C)c1ccccc1[As](C)C)C[As](C)c1ccccc1[As](C)C. The van der Waals surface area contributed by atoms with Crippen molar-refractivity contribution in [1.29, 1.82) is 0 Å². The van der Waals surface area contributed by atoms with Gasteiger partial charge in [0, 0.05) is 0 Å². The second kappa shape index (κ2) is 15.5. The van der Waals surface area contributed by atoms with Crippen LogP contribution in [0.2, 0.25) is 67.0 Å². The van der Waals surface area contributed by atoms with Crippen molar-refractivity contribution in [3.05, 3.63) is 72.8 Å². The van der Waals surface area contributed by atoms with E-state index in [1.54, 1.807) is 26.1 Å². The molecule has 3 atom stereocenters. The Morgan fingerprint density at radius 1 is 0.395 bits per heavy atom. The first-order valence-corrected chi connectivity index (χ1v) is 39.9.